The quantitative estimate of drug-likeness (QED) is 0.193. The van der Waals surface area contributed by atoms with Gasteiger partial charge in [-0.1, -0.05) is 126 Å². The van der Waals surface area contributed by atoms with E-state index in [1.54, 1.807) is 0 Å². The molecule has 5 nitrogen and oxygen atoms in total. The molecule has 3 aromatic heterocycles. The molecule has 272 valence electrons. The van der Waals surface area contributed by atoms with E-state index in [9.17, 15) is 0 Å². The Labute approximate surface area is 327 Å². The van der Waals surface area contributed by atoms with Crippen molar-refractivity contribution in [1.29, 1.82) is 0 Å². The third-order valence-electron chi connectivity index (χ3n) is 11.2. The highest BCUT2D eigenvalue weighted by molar-refractivity contribution is 6.15. The van der Waals surface area contributed by atoms with Crippen molar-refractivity contribution in [2.24, 2.45) is 0 Å². The fraction of sp³-hybridized carbons (Fsp3) is 0.157. The van der Waals surface area contributed by atoms with E-state index in [1.807, 2.05) is 6.07 Å². The SMILES string of the molecule is CC(C)(C)c1cc2c3[nH]c4c(cc(C(C)(C)C)cc4c3c1)-c1nc(-c3ccccc3)cc(n1)-c1cccc(c1)N(c1cccc3ccccc13)c1cccc-2n1. The van der Waals surface area contributed by atoms with Crippen LogP contribution in [0, 0.1) is 0 Å². The predicted octanol–water partition coefficient (Wildman–Crippen LogP) is 13.7. The molecule has 0 aliphatic carbocycles. The highest BCUT2D eigenvalue weighted by Gasteiger charge is 2.26. The van der Waals surface area contributed by atoms with Gasteiger partial charge in [-0.05, 0) is 88.0 Å². The summed E-state index contributed by atoms with van der Waals surface area (Å²) in [6.45, 7) is 13.7. The van der Waals surface area contributed by atoms with Gasteiger partial charge in [0.25, 0.3) is 0 Å². The number of hydrogen-bond acceptors (Lipinski definition) is 4. The second-order valence-electron chi connectivity index (χ2n) is 17.1. The number of aromatic nitrogens is 4. The van der Waals surface area contributed by atoms with Crippen LogP contribution in [-0.2, 0) is 10.8 Å². The number of anilines is 3. The summed E-state index contributed by atoms with van der Waals surface area (Å²) in [6, 6.07) is 52.1. The van der Waals surface area contributed by atoms with Crippen LogP contribution in [-0.4, -0.2) is 19.9 Å². The number of aromatic amines is 1. The Kier molecular flexibility index (Phi) is 7.56. The summed E-state index contributed by atoms with van der Waals surface area (Å²) in [6.07, 6.45) is 0. The predicted molar refractivity (Wildman–Crippen MR) is 234 cm³/mol. The molecule has 0 spiro atoms. The maximum atomic E-state index is 5.55. The van der Waals surface area contributed by atoms with Crippen molar-refractivity contribution in [3.63, 3.8) is 0 Å². The summed E-state index contributed by atoms with van der Waals surface area (Å²) in [5.41, 5.74) is 13.1. The molecule has 8 bridgehead atoms. The van der Waals surface area contributed by atoms with Crippen molar-refractivity contribution in [3.05, 3.63) is 157 Å². The summed E-state index contributed by atoms with van der Waals surface area (Å²) in [4.78, 5) is 22.6. The average molecular weight is 726 g/mol. The molecule has 1 N–H and O–H groups in total. The van der Waals surface area contributed by atoms with E-state index in [2.05, 4.69) is 191 Å². The second-order valence-corrected chi connectivity index (χ2v) is 17.1. The molecular weight excluding hydrogens is 683 g/mol. The van der Waals surface area contributed by atoms with Crippen LogP contribution in [0.2, 0.25) is 0 Å². The first kappa shape index (κ1) is 33.9. The van der Waals surface area contributed by atoms with E-state index in [4.69, 9.17) is 15.0 Å². The number of hydrogen-bond donors (Lipinski definition) is 1. The summed E-state index contributed by atoms with van der Waals surface area (Å²) in [7, 11) is 0. The van der Waals surface area contributed by atoms with Crippen molar-refractivity contribution in [2.75, 3.05) is 4.90 Å². The molecule has 1 aliphatic heterocycles. The maximum absolute atomic E-state index is 5.55. The summed E-state index contributed by atoms with van der Waals surface area (Å²) in [5, 5.41) is 4.65. The van der Waals surface area contributed by atoms with Gasteiger partial charge in [0.1, 0.15) is 5.82 Å². The number of nitrogens with one attached hydrogen (secondary N) is 1. The van der Waals surface area contributed by atoms with Gasteiger partial charge >= 0.3 is 0 Å². The van der Waals surface area contributed by atoms with E-state index in [0.717, 1.165) is 78.3 Å². The van der Waals surface area contributed by atoms with Gasteiger partial charge < -0.3 is 4.98 Å². The van der Waals surface area contributed by atoms with E-state index >= 15 is 0 Å². The van der Waals surface area contributed by atoms with Crippen LogP contribution in [0.1, 0.15) is 52.7 Å². The molecule has 0 fully saturated rings. The molecule has 0 unspecified atom stereocenters. The van der Waals surface area contributed by atoms with E-state index in [1.165, 1.54) is 21.9 Å². The zero-order valence-corrected chi connectivity index (χ0v) is 32.6. The molecule has 6 aromatic carbocycles. The van der Waals surface area contributed by atoms with E-state index in [-0.39, 0.29) is 10.8 Å². The van der Waals surface area contributed by atoms with Crippen LogP contribution < -0.4 is 4.90 Å². The molecular formula is C51H43N5. The van der Waals surface area contributed by atoms with Crippen LogP contribution in [0.5, 0.6) is 0 Å². The normalized spacial score (nSPS) is 12.8. The highest BCUT2D eigenvalue weighted by atomic mass is 15.2. The molecule has 10 rings (SSSR count). The van der Waals surface area contributed by atoms with E-state index < -0.39 is 0 Å². The number of H-pyrrole nitrogens is 1. The Morgan fingerprint density at radius 3 is 1.82 bits per heavy atom. The molecule has 0 amide bonds. The van der Waals surface area contributed by atoms with Gasteiger partial charge in [0.05, 0.1) is 33.8 Å². The second kappa shape index (κ2) is 12.5. The first-order valence-electron chi connectivity index (χ1n) is 19.4. The molecule has 4 heterocycles. The molecule has 56 heavy (non-hydrogen) atoms. The lowest BCUT2D eigenvalue weighted by atomic mass is 9.83. The van der Waals surface area contributed by atoms with Crippen molar-refractivity contribution in [1.82, 2.24) is 19.9 Å². The fourth-order valence-corrected chi connectivity index (χ4v) is 8.12. The Balaban J connectivity index is 1.38. The van der Waals surface area contributed by atoms with Crippen molar-refractivity contribution in [2.45, 2.75) is 52.4 Å². The van der Waals surface area contributed by atoms with Crippen LogP contribution in [0.3, 0.4) is 0 Å². The van der Waals surface area contributed by atoms with Gasteiger partial charge in [-0.3, -0.25) is 4.90 Å². The Morgan fingerprint density at radius 2 is 1.07 bits per heavy atom. The lowest BCUT2D eigenvalue weighted by Gasteiger charge is -2.27. The summed E-state index contributed by atoms with van der Waals surface area (Å²) >= 11 is 0. The maximum Gasteiger partial charge on any atom is 0.162 e. The Bertz CT molecular complexity index is 2990. The molecule has 5 heteroatoms. The smallest absolute Gasteiger partial charge is 0.162 e. The van der Waals surface area contributed by atoms with Crippen LogP contribution in [0.15, 0.2) is 146 Å². The lowest BCUT2D eigenvalue weighted by molar-refractivity contribution is 0.590. The highest BCUT2D eigenvalue weighted by Crippen LogP contribution is 2.45. The van der Waals surface area contributed by atoms with Crippen LogP contribution >= 0.6 is 0 Å². The van der Waals surface area contributed by atoms with Crippen molar-refractivity contribution in [3.8, 4) is 45.2 Å². The third-order valence-corrected chi connectivity index (χ3v) is 11.2. The van der Waals surface area contributed by atoms with Crippen molar-refractivity contribution >= 4 is 49.8 Å². The Morgan fingerprint density at radius 1 is 0.464 bits per heavy atom. The lowest BCUT2D eigenvalue weighted by Crippen LogP contribution is -2.13. The number of fused-ring (bicyclic) bond motifs is 11. The number of benzene rings is 6. The zero-order valence-electron chi connectivity index (χ0n) is 32.6. The number of pyridine rings is 1. The Hall–Kier alpha value is -6.59. The summed E-state index contributed by atoms with van der Waals surface area (Å²) in [5.74, 6) is 1.52. The zero-order chi connectivity index (χ0) is 38.3. The molecule has 0 atom stereocenters. The molecule has 1 aliphatic rings. The minimum Gasteiger partial charge on any atom is -0.353 e. The molecule has 9 aromatic rings. The number of nitrogens with zero attached hydrogens (tertiary/aromatic N) is 4. The molecule has 0 saturated heterocycles. The largest absolute Gasteiger partial charge is 0.353 e. The van der Waals surface area contributed by atoms with Gasteiger partial charge in [0.2, 0.25) is 0 Å². The standard InChI is InChI=1S/C51H43N5/c1-50(2,3)34-26-38-39-27-35(51(4,5)6)29-41-48(39)55-47(38)40(28-34)42-22-14-24-46(52-42)56(45-23-13-18-31-15-10-11-21-37(31)45)36-20-12-19-33(25-36)44-30-43(53-49(41)54-44)32-16-8-7-9-17-32/h7-30,55H,1-6H3. The van der Waals surface area contributed by atoms with Gasteiger partial charge in [-0.15, -0.1) is 0 Å². The van der Waals surface area contributed by atoms with Gasteiger partial charge in [-0.25, -0.2) is 15.0 Å². The topological polar surface area (TPSA) is 57.7 Å². The van der Waals surface area contributed by atoms with Gasteiger partial charge in [-0.2, -0.15) is 0 Å². The van der Waals surface area contributed by atoms with Crippen molar-refractivity contribution < 1.29 is 0 Å². The van der Waals surface area contributed by atoms with Crippen LogP contribution in [0.25, 0.3) is 77.7 Å². The fourth-order valence-electron chi connectivity index (χ4n) is 8.12. The first-order chi connectivity index (χ1) is 27.0. The average Bonchev–Trinajstić information content (AvgIpc) is 3.59. The third kappa shape index (κ3) is 5.65. The summed E-state index contributed by atoms with van der Waals surface area (Å²) < 4.78 is 0. The molecule has 0 radical (unpaired) electrons. The minimum atomic E-state index is -0.118. The molecule has 0 saturated carbocycles. The van der Waals surface area contributed by atoms with Gasteiger partial charge in [0.15, 0.2) is 5.82 Å². The number of rotatable bonds is 2. The van der Waals surface area contributed by atoms with Crippen LogP contribution in [0.4, 0.5) is 17.2 Å². The monoisotopic (exact) mass is 725 g/mol. The van der Waals surface area contributed by atoms with E-state index in [0.29, 0.717) is 5.82 Å². The first-order valence-corrected chi connectivity index (χ1v) is 19.4. The van der Waals surface area contributed by atoms with Gasteiger partial charge in [0, 0.05) is 44.1 Å². The minimum absolute atomic E-state index is 0.104.